The summed E-state index contributed by atoms with van der Waals surface area (Å²) in [6, 6.07) is 0. The molecule has 13 heavy (non-hydrogen) atoms. The predicted octanol–water partition coefficient (Wildman–Crippen LogP) is 0.620. The molecule has 4 heteroatoms. The van der Waals surface area contributed by atoms with Crippen molar-refractivity contribution in [3.63, 3.8) is 0 Å². The molecule has 0 radical (unpaired) electrons. The van der Waals surface area contributed by atoms with Crippen molar-refractivity contribution in [1.82, 2.24) is 5.32 Å². The highest BCUT2D eigenvalue weighted by atomic mass is 16.5. The van der Waals surface area contributed by atoms with Gasteiger partial charge in [0.1, 0.15) is 5.60 Å². The normalized spacial score (nSPS) is 19.5. The van der Waals surface area contributed by atoms with E-state index in [0.29, 0.717) is 19.7 Å². The van der Waals surface area contributed by atoms with Crippen molar-refractivity contribution in [1.29, 1.82) is 0 Å². The number of rotatable bonds is 6. The van der Waals surface area contributed by atoms with Gasteiger partial charge in [0.2, 0.25) is 0 Å². The molecule has 1 heterocycles. The minimum Gasteiger partial charge on any atom is -0.481 e. The quantitative estimate of drug-likeness (QED) is 0.598. The van der Waals surface area contributed by atoms with Gasteiger partial charge in [0.25, 0.3) is 0 Å². The van der Waals surface area contributed by atoms with Crippen LogP contribution in [0.2, 0.25) is 0 Å². The number of unbranched alkanes of at least 4 members (excludes halogenated alkanes) is 1. The molecule has 0 aromatic heterocycles. The molecule has 1 rings (SSSR count). The maximum absolute atomic E-state index is 10.5. The van der Waals surface area contributed by atoms with Gasteiger partial charge in [0.15, 0.2) is 0 Å². The number of carboxylic acid groups (broad SMARTS) is 1. The second-order valence-electron chi connectivity index (χ2n) is 3.56. The highest BCUT2D eigenvalue weighted by Crippen LogP contribution is 2.21. The largest absolute Gasteiger partial charge is 0.481 e. The first-order valence-electron chi connectivity index (χ1n) is 4.75. The van der Waals surface area contributed by atoms with Crippen molar-refractivity contribution in [3.8, 4) is 0 Å². The molecule has 0 saturated carbocycles. The lowest BCUT2D eigenvalue weighted by Gasteiger charge is -2.41. The topological polar surface area (TPSA) is 58.6 Å². The average Bonchev–Trinajstić information content (AvgIpc) is 1.99. The molecule has 0 spiro atoms. The van der Waals surface area contributed by atoms with Crippen molar-refractivity contribution in [3.05, 3.63) is 0 Å². The third kappa shape index (κ3) is 2.97. The van der Waals surface area contributed by atoms with Gasteiger partial charge in [-0.1, -0.05) is 13.3 Å². The third-order valence-electron chi connectivity index (χ3n) is 2.27. The van der Waals surface area contributed by atoms with Gasteiger partial charge in [-0.25, -0.2) is 0 Å². The summed E-state index contributed by atoms with van der Waals surface area (Å²) in [6.07, 6.45) is 2.20. The van der Waals surface area contributed by atoms with Crippen LogP contribution in [0.3, 0.4) is 0 Å². The van der Waals surface area contributed by atoms with Crippen LogP contribution < -0.4 is 5.32 Å². The molecule has 1 saturated heterocycles. The zero-order valence-corrected chi connectivity index (χ0v) is 8.01. The van der Waals surface area contributed by atoms with Gasteiger partial charge in [-0.05, 0) is 6.42 Å². The molecule has 0 aromatic rings. The minimum absolute atomic E-state index is 0.115. The van der Waals surface area contributed by atoms with Crippen LogP contribution in [-0.4, -0.2) is 36.4 Å². The molecule has 0 bridgehead atoms. The van der Waals surface area contributed by atoms with Gasteiger partial charge < -0.3 is 15.2 Å². The number of ether oxygens (including phenoxy) is 1. The molecule has 1 aliphatic heterocycles. The lowest BCUT2D eigenvalue weighted by molar-refractivity contribution is -0.150. The van der Waals surface area contributed by atoms with Crippen molar-refractivity contribution in [2.75, 3.05) is 19.7 Å². The second-order valence-corrected chi connectivity index (χ2v) is 3.56. The fourth-order valence-electron chi connectivity index (χ4n) is 1.39. The van der Waals surface area contributed by atoms with Crippen LogP contribution >= 0.6 is 0 Å². The van der Waals surface area contributed by atoms with Crippen molar-refractivity contribution >= 4 is 5.97 Å². The van der Waals surface area contributed by atoms with Crippen LogP contribution in [-0.2, 0) is 9.53 Å². The maximum Gasteiger partial charge on any atom is 0.306 e. The average molecular weight is 187 g/mol. The maximum atomic E-state index is 10.5. The molecular formula is C9H17NO3. The van der Waals surface area contributed by atoms with Crippen LogP contribution in [0, 0.1) is 0 Å². The number of nitrogens with one attached hydrogen (secondary N) is 1. The van der Waals surface area contributed by atoms with Gasteiger partial charge >= 0.3 is 5.97 Å². The fraction of sp³-hybridized carbons (Fsp3) is 0.889. The molecule has 4 nitrogen and oxygen atoms in total. The first kappa shape index (κ1) is 10.5. The molecule has 1 aliphatic rings. The van der Waals surface area contributed by atoms with E-state index in [2.05, 4.69) is 12.2 Å². The van der Waals surface area contributed by atoms with Crippen LogP contribution in [0.5, 0.6) is 0 Å². The van der Waals surface area contributed by atoms with E-state index in [9.17, 15) is 4.79 Å². The summed E-state index contributed by atoms with van der Waals surface area (Å²) in [6.45, 7) is 4.10. The molecule has 1 fully saturated rings. The Hall–Kier alpha value is -0.610. The number of hydrogen-bond acceptors (Lipinski definition) is 3. The summed E-state index contributed by atoms with van der Waals surface area (Å²) in [5.74, 6) is -0.780. The smallest absolute Gasteiger partial charge is 0.306 e. The predicted molar refractivity (Wildman–Crippen MR) is 48.7 cm³/mol. The zero-order valence-electron chi connectivity index (χ0n) is 8.01. The van der Waals surface area contributed by atoms with E-state index in [0.717, 1.165) is 12.8 Å². The molecule has 0 unspecified atom stereocenters. The van der Waals surface area contributed by atoms with E-state index in [1.807, 2.05) is 0 Å². The van der Waals surface area contributed by atoms with Gasteiger partial charge in [0.05, 0.1) is 6.42 Å². The van der Waals surface area contributed by atoms with E-state index >= 15 is 0 Å². The molecular weight excluding hydrogens is 170 g/mol. The van der Waals surface area contributed by atoms with E-state index in [4.69, 9.17) is 9.84 Å². The van der Waals surface area contributed by atoms with Gasteiger partial charge in [-0.15, -0.1) is 0 Å². The Morgan fingerprint density at radius 3 is 2.69 bits per heavy atom. The Labute approximate surface area is 78.3 Å². The van der Waals surface area contributed by atoms with Crippen molar-refractivity contribution in [2.24, 2.45) is 0 Å². The lowest BCUT2D eigenvalue weighted by atomic mass is 9.93. The SMILES string of the molecule is CCCCOC1(CC(=O)O)CNC1. The molecule has 0 aromatic carbocycles. The number of aliphatic carboxylic acids is 1. The summed E-state index contributed by atoms with van der Waals surface area (Å²) >= 11 is 0. The van der Waals surface area contributed by atoms with Crippen molar-refractivity contribution in [2.45, 2.75) is 31.8 Å². The highest BCUT2D eigenvalue weighted by Gasteiger charge is 2.39. The third-order valence-corrected chi connectivity index (χ3v) is 2.27. The van der Waals surface area contributed by atoms with Gasteiger partial charge in [-0.3, -0.25) is 4.79 Å². The summed E-state index contributed by atoms with van der Waals surface area (Å²) in [5, 5.41) is 11.7. The summed E-state index contributed by atoms with van der Waals surface area (Å²) in [7, 11) is 0. The van der Waals surface area contributed by atoms with E-state index in [1.54, 1.807) is 0 Å². The Kier molecular flexibility index (Phi) is 3.69. The first-order valence-corrected chi connectivity index (χ1v) is 4.75. The van der Waals surface area contributed by atoms with Crippen LogP contribution in [0.15, 0.2) is 0 Å². The Balaban J connectivity index is 2.27. The van der Waals surface area contributed by atoms with Crippen LogP contribution in [0.1, 0.15) is 26.2 Å². The molecule has 2 N–H and O–H groups in total. The Bertz CT molecular complexity index is 178. The standard InChI is InChI=1S/C9H17NO3/c1-2-3-4-13-9(5-8(11)12)6-10-7-9/h10H,2-7H2,1H3,(H,11,12). The van der Waals surface area contributed by atoms with E-state index in [-0.39, 0.29) is 6.42 Å². The lowest BCUT2D eigenvalue weighted by Crippen LogP contribution is -2.62. The number of hydrogen-bond donors (Lipinski definition) is 2. The first-order chi connectivity index (χ1) is 6.18. The van der Waals surface area contributed by atoms with Crippen LogP contribution in [0.4, 0.5) is 0 Å². The Morgan fingerprint density at radius 1 is 1.62 bits per heavy atom. The number of carboxylic acids is 1. The van der Waals surface area contributed by atoms with Crippen LogP contribution in [0.25, 0.3) is 0 Å². The Morgan fingerprint density at radius 2 is 2.31 bits per heavy atom. The van der Waals surface area contributed by atoms with Gasteiger partial charge in [-0.2, -0.15) is 0 Å². The minimum atomic E-state index is -0.780. The monoisotopic (exact) mass is 187 g/mol. The summed E-state index contributed by atoms with van der Waals surface area (Å²) in [5.41, 5.74) is -0.416. The summed E-state index contributed by atoms with van der Waals surface area (Å²) in [4.78, 5) is 10.5. The van der Waals surface area contributed by atoms with Gasteiger partial charge in [0, 0.05) is 19.7 Å². The summed E-state index contributed by atoms with van der Waals surface area (Å²) < 4.78 is 5.57. The zero-order chi connectivity index (χ0) is 9.73. The highest BCUT2D eigenvalue weighted by molar-refractivity contribution is 5.68. The molecule has 0 amide bonds. The molecule has 0 atom stereocenters. The van der Waals surface area contributed by atoms with E-state index in [1.165, 1.54) is 0 Å². The number of carbonyl (C=O) groups is 1. The molecule has 0 aliphatic carbocycles. The van der Waals surface area contributed by atoms with Crippen molar-refractivity contribution < 1.29 is 14.6 Å². The molecule has 76 valence electrons. The fourth-order valence-corrected chi connectivity index (χ4v) is 1.39. The second kappa shape index (κ2) is 4.58. The van der Waals surface area contributed by atoms with E-state index < -0.39 is 11.6 Å².